The quantitative estimate of drug-likeness (QED) is 0.309. The number of phenolic OH excluding ortho intramolecular Hbond substituents is 1. The summed E-state index contributed by atoms with van der Waals surface area (Å²) in [5.74, 6) is 0.0950. The predicted molar refractivity (Wildman–Crippen MR) is 109 cm³/mol. The van der Waals surface area contributed by atoms with Crippen molar-refractivity contribution in [2.24, 2.45) is 0 Å². The average molecular weight is 527 g/mol. The van der Waals surface area contributed by atoms with Crippen LogP contribution in [0.15, 0.2) is 56.0 Å². The Morgan fingerprint density at radius 1 is 0.960 bits per heavy atom. The molecule has 4 nitrogen and oxygen atoms in total. The number of nitrogens with zero attached hydrogens (tertiary/aromatic N) is 1. The molecule has 2 aromatic heterocycles. The third-order valence-corrected chi connectivity index (χ3v) is 5.83. The van der Waals surface area contributed by atoms with Crippen LogP contribution in [0.25, 0.3) is 21.8 Å². The predicted octanol–water partition coefficient (Wildman–Crippen LogP) is 5.79. The average Bonchev–Trinajstić information content (AvgIpc) is 2.96. The second-order valence-corrected chi connectivity index (χ2v) is 8.29. The van der Waals surface area contributed by atoms with Crippen LogP contribution in [0.4, 0.5) is 0 Å². The van der Waals surface area contributed by atoms with E-state index >= 15 is 0 Å². The summed E-state index contributed by atoms with van der Waals surface area (Å²) in [5, 5.41) is 22.8. The summed E-state index contributed by atoms with van der Waals surface area (Å²) < 4.78 is 2.00. The second-order valence-electron chi connectivity index (χ2n) is 5.67. The Morgan fingerprint density at radius 2 is 1.68 bits per heavy atom. The molecule has 4 aromatic rings. The molecule has 0 saturated carbocycles. The van der Waals surface area contributed by atoms with Crippen LogP contribution in [0, 0.1) is 0 Å². The monoisotopic (exact) mass is 524 g/mol. The van der Waals surface area contributed by atoms with Crippen molar-refractivity contribution < 1.29 is 10.2 Å². The number of benzene rings is 2. The highest BCUT2D eigenvalue weighted by Gasteiger charge is 2.20. The molecule has 4 rings (SSSR count). The fraction of sp³-hybridized carbons (Fsp3) is 0.0556. The van der Waals surface area contributed by atoms with Crippen molar-refractivity contribution >= 4 is 69.6 Å². The summed E-state index contributed by atoms with van der Waals surface area (Å²) in [6.07, 6.45) is 0.757. The van der Waals surface area contributed by atoms with Gasteiger partial charge in [-0.05, 0) is 73.8 Å². The van der Waals surface area contributed by atoms with Crippen molar-refractivity contribution in [2.45, 2.75) is 6.10 Å². The molecule has 0 aliphatic carbocycles. The number of aromatic amines is 1. The molecular formula is C18H11Br3N2O2. The van der Waals surface area contributed by atoms with Gasteiger partial charge in [-0.2, -0.15) is 0 Å². The van der Waals surface area contributed by atoms with E-state index in [1.807, 2.05) is 24.3 Å². The number of halogens is 3. The molecule has 126 valence electrons. The number of H-pyrrole nitrogens is 1. The van der Waals surface area contributed by atoms with Gasteiger partial charge in [-0.3, -0.25) is 4.98 Å². The zero-order valence-electron chi connectivity index (χ0n) is 12.6. The van der Waals surface area contributed by atoms with Crippen LogP contribution in [0.1, 0.15) is 17.4 Å². The van der Waals surface area contributed by atoms with Crippen molar-refractivity contribution in [3.8, 4) is 5.75 Å². The zero-order chi connectivity index (χ0) is 17.7. The Kier molecular flexibility index (Phi) is 4.35. The maximum absolute atomic E-state index is 10.9. The summed E-state index contributed by atoms with van der Waals surface area (Å²) in [7, 11) is 0. The fourth-order valence-electron chi connectivity index (χ4n) is 2.92. The maximum Gasteiger partial charge on any atom is 0.143 e. The molecule has 0 radical (unpaired) electrons. The molecule has 7 heteroatoms. The van der Waals surface area contributed by atoms with Crippen molar-refractivity contribution in [1.29, 1.82) is 0 Å². The normalized spacial score (nSPS) is 12.8. The first-order valence-corrected chi connectivity index (χ1v) is 9.75. The highest BCUT2D eigenvalue weighted by Crippen LogP contribution is 2.38. The van der Waals surface area contributed by atoms with Crippen LogP contribution in [0.3, 0.4) is 0 Å². The fourth-order valence-corrected chi connectivity index (χ4v) is 4.51. The van der Waals surface area contributed by atoms with E-state index in [4.69, 9.17) is 0 Å². The van der Waals surface area contributed by atoms with Gasteiger partial charge in [0.05, 0.1) is 20.2 Å². The minimum absolute atomic E-state index is 0.0950. The van der Waals surface area contributed by atoms with E-state index in [-0.39, 0.29) is 5.75 Å². The van der Waals surface area contributed by atoms with Crippen molar-refractivity contribution in [3.05, 3.63) is 67.3 Å². The zero-order valence-corrected chi connectivity index (χ0v) is 17.4. The van der Waals surface area contributed by atoms with Gasteiger partial charge in [0.2, 0.25) is 0 Å². The molecule has 0 saturated heterocycles. The second kappa shape index (κ2) is 6.39. The number of aromatic hydroxyl groups is 1. The smallest absolute Gasteiger partial charge is 0.143 e. The molecule has 1 unspecified atom stereocenters. The Hall–Kier alpha value is -1.41. The van der Waals surface area contributed by atoms with E-state index in [0.29, 0.717) is 20.2 Å². The molecule has 0 bridgehead atoms. The van der Waals surface area contributed by atoms with E-state index in [0.717, 1.165) is 26.3 Å². The Labute approximate surface area is 168 Å². The molecule has 0 amide bonds. The van der Waals surface area contributed by atoms with Crippen LogP contribution < -0.4 is 0 Å². The summed E-state index contributed by atoms with van der Waals surface area (Å²) in [5.41, 5.74) is 2.93. The summed E-state index contributed by atoms with van der Waals surface area (Å²) in [6.45, 7) is 0. The van der Waals surface area contributed by atoms with E-state index in [1.54, 1.807) is 18.3 Å². The van der Waals surface area contributed by atoms with Crippen LogP contribution >= 0.6 is 47.8 Å². The van der Waals surface area contributed by atoms with Crippen LogP contribution in [0.2, 0.25) is 0 Å². The van der Waals surface area contributed by atoms with E-state index in [9.17, 15) is 10.2 Å². The number of phenols is 1. The number of nitrogens with one attached hydrogen (secondary N) is 1. The molecule has 0 fully saturated rings. The molecule has 2 heterocycles. The first-order chi connectivity index (χ1) is 12.0. The van der Waals surface area contributed by atoms with Gasteiger partial charge in [0, 0.05) is 27.0 Å². The minimum Gasteiger partial charge on any atom is -0.506 e. The molecule has 0 aliphatic heterocycles. The molecule has 3 N–H and O–H groups in total. The maximum atomic E-state index is 10.9. The van der Waals surface area contributed by atoms with Gasteiger partial charge in [0.25, 0.3) is 0 Å². The van der Waals surface area contributed by atoms with Crippen LogP contribution in [0.5, 0.6) is 5.75 Å². The topological polar surface area (TPSA) is 69.1 Å². The highest BCUT2D eigenvalue weighted by atomic mass is 79.9. The number of pyridine rings is 1. The number of aliphatic hydroxyl groups is 1. The first kappa shape index (κ1) is 17.0. The lowest BCUT2D eigenvalue weighted by Gasteiger charge is -2.13. The first-order valence-electron chi connectivity index (χ1n) is 7.37. The van der Waals surface area contributed by atoms with E-state index < -0.39 is 6.10 Å². The number of rotatable bonds is 2. The largest absolute Gasteiger partial charge is 0.506 e. The Balaban J connectivity index is 1.93. The molecule has 0 aliphatic rings. The third kappa shape index (κ3) is 2.89. The molecule has 1 atom stereocenters. The van der Waals surface area contributed by atoms with Gasteiger partial charge in [0.15, 0.2) is 0 Å². The van der Waals surface area contributed by atoms with Gasteiger partial charge in [0.1, 0.15) is 11.9 Å². The van der Waals surface area contributed by atoms with Crippen molar-refractivity contribution in [1.82, 2.24) is 9.97 Å². The van der Waals surface area contributed by atoms with Gasteiger partial charge >= 0.3 is 0 Å². The Bertz CT molecular complexity index is 1100. The Morgan fingerprint density at radius 3 is 2.40 bits per heavy atom. The SMILES string of the molecule is Oc1c(Br)cc(C(O)c2nccc3c2[nH]c2ccc(Br)cc23)cc1Br. The molecule has 0 spiro atoms. The van der Waals surface area contributed by atoms with Gasteiger partial charge < -0.3 is 15.2 Å². The van der Waals surface area contributed by atoms with Crippen LogP contribution in [-0.2, 0) is 0 Å². The molecular weight excluding hydrogens is 516 g/mol. The number of hydrogen-bond acceptors (Lipinski definition) is 3. The lowest BCUT2D eigenvalue weighted by Crippen LogP contribution is -2.03. The van der Waals surface area contributed by atoms with Crippen molar-refractivity contribution in [3.63, 3.8) is 0 Å². The molecule has 25 heavy (non-hydrogen) atoms. The summed E-state index contributed by atoms with van der Waals surface area (Å²) >= 11 is 10.1. The van der Waals surface area contributed by atoms with E-state index in [1.165, 1.54) is 0 Å². The standard InChI is InChI=1S/C18H11Br3N2O2/c19-9-1-2-14-11(7-9)10-3-4-22-16(15(10)23-14)17(24)8-5-12(20)18(25)13(21)6-8/h1-7,17,23-25H. The van der Waals surface area contributed by atoms with E-state index in [2.05, 4.69) is 57.8 Å². The number of hydrogen-bond donors (Lipinski definition) is 3. The summed E-state index contributed by atoms with van der Waals surface area (Å²) in [4.78, 5) is 7.75. The molecule has 2 aromatic carbocycles. The highest BCUT2D eigenvalue weighted by molar-refractivity contribution is 9.11. The van der Waals surface area contributed by atoms with Crippen molar-refractivity contribution in [2.75, 3.05) is 0 Å². The minimum atomic E-state index is -0.937. The summed E-state index contributed by atoms with van der Waals surface area (Å²) in [6, 6.07) is 11.3. The lowest BCUT2D eigenvalue weighted by atomic mass is 10.0. The number of aromatic nitrogens is 2. The van der Waals surface area contributed by atoms with Gasteiger partial charge in [-0.15, -0.1) is 0 Å². The third-order valence-electron chi connectivity index (χ3n) is 4.13. The van der Waals surface area contributed by atoms with Crippen LogP contribution in [-0.4, -0.2) is 20.2 Å². The number of aliphatic hydroxyl groups excluding tert-OH is 1. The van der Waals surface area contributed by atoms with Gasteiger partial charge in [-0.1, -0.05) is 15.9 Å². The lowest BCUT2D eigenvalue weighted by molar-refractivity contribution is 0.216. The van der Waals surface area contributed by atoms with Gasteiger partial charge in [-0.25, -0.2) is 0 Å². The number of fused-ring (bicyclic) bond motifs is 3.